The van der Waals surface area contributed by atoms with Gasteiger partial charge in [0, 0.05) is 17.7 Å². The van der Waals surface area contributed by atoms with Gasteiger partial charge in [-0.1, -0.05) is 44.2 Å². The van der Waals surface area contributed by atoms with Crippen molar-refractivity contribution >= 4 is 17.4 Å². The maximum Gasteiger partial charge on any atom is 0.295 e. The first-order valence-electron chi connectivity index (χ1n) is 11.4. The third-order valence-corrected chi connectivity index (χ3v) is 5.93. The maximum atomic E-state index is 14.9. The summed E-state index contributed by atoms with van der Waals surface area (Å²) >= 11 is 0. The third-order valence-electron chi connectivity index (χ3n) is 5.93. The van der Waals surface area contributed by atoms with Crippen LogP contribution in [0.3, 0.4) is 0 Å². The second kappa shape index (κ2) is 11.1. The van der Waals surface area contributed by atoms with E-state index in [1.807, 2.05) is 6.92 Å². The van der Waals surface area contributed by atoms with Crippen molar-refractivity contribution in [2.45, 2.75) is 33.2 Å². The Kier molecular flexibility index (Phi) is 8.22. The number of hydrogen-bond acceptors (Lipinski definition) is 5. The number of aliphatic hydroxyl groups excluding tert-OH is 1. The summed E-state index contributed by atoms with van der Waals surface area (Å²) in [6, 6.07) is 11.7. The van der Waals surface area contributed by atoms with E-state index >= 15 is 0 Å². The van der Waals surface area contributed by atoms with Crippen LogP contribution in [0, 0.1) is 5.82 Å². The average molecular weight is 455 g/mol. The molecule has 1 amide bonds. The van der Waals surface area contributed by atoms with Gasteiger partial charge < -0.3 is 19.6 Å². The highest BCUT2D eigenvalue weighted by molar-refractivity contribution is 6.46. The van der Waals surface area contributed by atoms with E-state index in [1.165, 1.54) is 11.0 Å². The Morgan fingerprint density at radius 3 is 2.48 bits per heavy atom. The number of ether oxygens (including phenoxy) is 1. The molecule has 1 saturated heterocycles. The van der Waals surface area contributed by atoms with E-state index in [9.17, 15) is 19.1 Å². The molecule has 0 saturated carbocycles. The summed E-state index contributed by atoms with van der Waals surface area (Å²) in [4.78, 5) is 29.7. The zero-order valence-electron chi connectivity index (χ0n) is 19.4. The highest BCUT2D eigenvalue weighted by atomic mass is 19.1. The van der Waals surface area contributed by atoms with E-state index in [-0.39, 0.29) is 23.4 Å². The first-order valence-corrected chi connectivity index (χ1v) is 11.4. The van der Waals surface area contributed by atoms with E-state index in [0.717, 1.165) is 19.6 Å². The lowest BCUT2D eigenvalue weighted by molar-refractivity contribution is -0.140. The van der Waals surface area contributed by atoms with Gasteiger partial charge in [0.1, 0.15) is 17.3 Å². The van der Waals surface area contributed by atoms with Crippen LogP contribution in [0.25, 0.3) is 5.76 Å². The number of likely N-dealkylation sites (tertiary alicyclic amines) is 1. The molecule has 33 heavy (non-hydrogen) atoms. The van der Waals surface area contributed by atoms with Gasteiger partial charge in [-0.25, -0.2) is 4.39 Å². The van der Waals surface area contributed by atoms with E-state index < -0.39 is 23.5 Å². The lowest BCUT2D eigenvalue weighted by atomic mass is 9.95. The van der Waals surface area contributed by atoms with Crippen molar-refractivity contribution in [1.82, 2.24) is 9.80 Å². The summed E-state index contributed by atoms with van der Waals surface area (Å²) < 4.78 is 20.3. The minimum atomic E-state index is -1.00. The van der Waals surface area contributed by atoms with Crippen LogP contribution < -0.4 is 4.74 Å². The minimum absolute atomic E-state index is 0.110. The molecule has 1 aliphatic heterocycles. The number of carbonyl (C=O) groups is 2. The van der Waals surface area contributed by atoms with E-state index in [4.69, 9.17) is 4.74 Å². The molecule has 1 heterocycles. The Morgan fingerprint density at radius 1 is 1.09 bits per heavy atom. The Hall–Kier alpha value is -3.19. The number of rotatable bonds is 10. The molecule has 1 unspecified atom stereocenters. The fourth-order valence-corrected chi connectivity index (χ4v) is 4.19. The van der Waals surface area contributed by atoms with Crippen molar-refractivity contribution in [3.8, 4) is 5.75 Å². The van der Waals surface area contributed by atoms with Crippen LogP contribution in [0.2, 0.25) is 0 Å². The monoisotopic (exact) mass is 454 g/mol. The molecule has 6 nitrogen and oxygen atoms in total. The summed E-state index contributed by atoms with van der Waals surface area (Å²) in [6.07, 6.45) is 0.625. The van der Waals surface area contributed by atoms with Crippen molar-refractivity contribution in [3.05, 3.63) is 71.0 Å². The van der Waals surface area contributed by atoms with E-state index in [1.54, 1.807) is 42.5 Å². The van der Waals surface area contributed by atoms with Crippen molar-refractivity contribution in [1.29, 1.82) is 0 Å². The zero-order valence-corrected chi connectivity index (χ0v) is 19.4. The van der Waals surface area contributed by atoms with Gasteiger partial charge in [0.05, 0.1) is 18.2 Å². The molecule has 0 spiro atoms. The fourth-order valence-electron chi connectivity index (χ4n) is 4.19. The molecule has 2 aromatic rings. The quantitative estimate of drug-likeness (QED) is 0.328. The topological polar surface area (TPSA) is 70.1 Å². The molecule has 1 N–H and O–H groups in total. The molecule has 0 aromatic heterocycles. The van der Waals surface area contributed by atoms with Gasteiger partial charge >= 0.3 is 0 Å². The zero-order chi connectivity index (χ0) is 24.0. The summed E-state index contributed by atoms with van der Waals surface area (Å²) in [5, 5.41) is 11.1. The lowest BCUT2D eigenvalue weighted by Crippen LogP contribution is -2.33. The standard InChI is InChI=1S/C26H31FN2O4/c1-4-28(5-2)15-10-16-29-23(20-13-7-8-14-21(20)27)22(25(31)26(29)32)24(30)18-11-9-12-19(17-18)33-6-3/h7-9,11-14,17,23,30H,4-6,10,15-16H2,1-3H3. The Labute approximate surface area is 194 Å². The van der Waals surface area contributed by atoms with Crippen LogP contribution in [0.4, 0.5) is 4.39 Å². The largest absolute Gasteiger partial charge is 0.507 e. The second-order valence-electron chi connectivity index (χ2n) is 7.86. The van der Waals surface area contributed by atoms with Gasteiger partial charge in [-0.2, -0.15) is 0 Å². The summed E-state index contributed by atoms with van der Waals surface area (Å²) in [6.45, 7) is 9.18. The molecule has 0 bridgehead atoms. The van der Waals surface area contributed by atoms with Crippen molar-refractivity contribution < 1.29 is 23.8 Å². The van der Waals surface area contributed by atoms with Crippen LogP contribution in [-0.2, 0) is 9.59 Å². The van der Waals surface area contributed by atoms with Crippen LogP contribution in [0.1, 0.15) is 44.4 Å². The Morgan fingerprint density at radius 2 is 1.82 bits per heavy atom. The number of nitrogens with zero attached hydrogens (tertiary/aromatic N) is 2. The molecule has 2 aromatic carbocycles. The normalized spacial score (nSPS) is 17.7. The Balaban J connectivity index is 2.05. The predicted octanol–water partition coefficient (Wildman–Crippen LogP) is 4.38. The lowest BCUT2D eigenvalue weighted by Gasteiger charge is -2.27. The number of ketones is 1. The number of Topliss-reactive ketones (excluding diaryl/α,β-unsaturated/α-hetero) is 1. The highest BCUT2D eigenvalue weighted by Gasteiger charge is 2.46. The van der Waals surface area contributed by atoms with Gasteiger partial charge in [-0.05, 0) is 51.2 Å². The SMILES string of the molecule is CCOc1cccc(C(O)=C2C(=O)C(=O)N(CCCN(CC)CC)C2c2ccccc2F)c1. The molecular formula is C26H31FN2O4. The second-order valence-corrected chi connectivity index (χ2v) is 7.86. The maximum absolute atomic E-state index is 14.9. The van der Waals surface area contributed by atoms with Gasteiger partial charge in [-0.15, -0.1) is 0 Å². The molecule has 3 rings (SSSR count). The first-order chi connectivity index (χ1) is 15.9. The molecule has 0 aliphatic carbocycles. The fraction of sp³-hybridized carbons (Fsp3) is 0.385. The molecule has 0 radical (unpaired) electrons. The number of benzene rings is 2. The number of amides is 1. The first kappa shape index (κ1) is 24.5. The molecule has 176 valence electrons. The summed E-state index contributed by atoms with van der Waals surface area (Å²) in [7, 11) is 0. The van der Waals surface area contributed by atoms with Crippen molar-refractivity contribution in [2.24, 2.45) is 0 Å². The minimum Gasteiger partial charge on any atom is -0.507 e. The average Bonchev–Trinajstić information content (AvgIpc) is 3.07. The predicted molar refractivity (Wildman–Crippen MR) is 125 cm³/mol. The molecular weight excluding hydrogens is 423 g/mol. The van der Waals surface area contributed by atoms with Crippen molar-refractivity contribution in [3.63, 3.8) is 0 Å². The van der Waals surface area contributed by atoms with E-state index in [2.05, 4.69) is 18.7 Å². The van der Waals surface area contributed by atoms with Crippen LogP contribution in [0.15, 0.2) is 54.1 Å². The van der Waals surface area contributed by atoms with E-state index in [0.29, 0.717) is 24.3 Å². The van der Waals surface area contributed by atoms with Crippen LogP contribution in [0.5, 0.6) is 5.75 Å². The number of hydrogen-bond donors (Lipinski definition) is 1. The van der Waals surface area contributed by atoms with Gasteiger partial charge in [0.2, 0.25) is 0 Å². The molecule has 1 atom stereocenters. The molecule has 7 heteroatoms. The number of carbonyl (C=O) groups excluding carboxylic acids is 2. The number of aliphatic hydroxyl groups is 1. The molecule has 1 aliphatic rings. The number of halogens is 1. The Bertz CT molecular complexity index is 1030. The van der Waals surface area contributed by atoms with Crippen LogP contribution >= 0.6 is 0 Å². The van der Waals surface area contributed by atoms with Crippen molar-refractivity contribution in [2.75, 3.05) is 32.8 Å². The van der Waals surface area contributed by atoms with Crippen LogP contribution in [-0.4, -0.2) is 59.4 Å². The van der Waals surface area contributed by atoms with Gasteiger partial charge in [0.25, 0.3) is 11.7 Å². The third kappa shape index (κ3) is 5.25. The van der Waals surface area contributed by atoms with Gasteiger partial charge in [0.15, 0.2) is 0 Å². The summed E-state index contributed by atoms with van der Waals surface area (Å²) in [5.41, 5.74) is 0.409. The molecule has 1 fully saturated rings. The summed E-state index contributed by atoms with van der Waals surface area (Å²) in [5.74, 6) is -1.89. The smallest absolute Gasteiger partial charge is 0.295 e. The van der Waals surface area contributed by atoms with Gasteiger partial charge in [-0.3, -0.25) is 9.59 Å². The highest BCUT2D eigenvalue weighted by Crippen LogP contribution is 2.40.